The Hall–Kier alpha value is -1.22. The Kier molecular flexibility index (Phi) is 7.21. The van der Waals surface area contributed by atoms with Gasteiger partial charge in [0.1, 0.15) is 0 Å². The molecule has 0 aliphatic heterocycles. The number of aryl methyl sites for hydroxylation is 1. The normalized spacial score (nSPS) is 12.8. The highest BCUT2D eigenvalue weighted by Crippen LogP contribution is 2.05. The number of nitrogens with one attached hydrogen (secondary N) is 2. The van der Waals surface area contributed by atoms with Crippen molar-refractivity contribution in [1.29, 1.82) is 0 Å². The van der Waals surface area contributed by atoms with Gasteiger partial charge in [-0.1, -0.05) is 29.8 Å². The quantitative estimate of drug-likeness (QED) is 0.658. The molecule has 124 valence electrons. The molecule has 0 aliphatic rings. The average Bonchev–Trinajstić information content (AvgIpc) is 2.46. The Morgan fingerprint density at radius 3 is 2.18 bits per heavy atom. The second kappa shape index (κ2) is 8.42. The maximum Gasteiger partial charge on any atom is 0.233 e. The van der Waals surface area contributed by atoms with Crippen LogP contribution in [0.3, 0.4) is 0 Å². The molecule has 0 aromatic heterocycles. The first kappa shape index (κ1) is 18.8. The fraction of sp³-hybridized carbons (Fsp3) is 0.429. The molecule has 6 nitrogen and oxygen atoms in total. The molecule has 0 spiro atoms. The van der Waals surface area contributed by atoms with Crippen molar-refractivity contribution in [2.45, 2.75) is 20.3 Å². The third-order valence-electron chi connectivity index (χ3n) is 2.88. The molecule has 0 saturated carbocycles. The molecule has 1 aromatic rings. The number of rotatable bonds is 9. The van der Waals surface area contributed by atoms with Crippen molar-refractivity contribution in [2.24, 2.45) is 0 Å². The smallest absolute Gasteiger partial charge is 0.215 e. The lowest BCUT2D eigenvalue weighted by Crippen LogP contribution is -2.30. The van der Waals surface area contributed by atoms with Crippen LogP contribution in [-0.2, 0) is 20.0 Å². The SMILES string of the molecule is CCS(=O)(=O)NCCCNS(=O)(=O)/C=C\c1ccc(C)cc1. The molecular weight excluding hydrogens is 324 g/mol. The number of sulfonamides is 2. The van der Waals surface area contributed by atoms with E-state index in [4.69, 9.17) is 0 Å². The highest BCUT2D eigenvalue weighted by Gasteiger charge is 2.06. The van der Waals surface area contributed by atoms with Crippen LogP contribution < -0.4 is 9.44 Å². The fourth-order valence-electron chi connectivity index (χ4n) is 1.53. The van der Waals surface area contributed by atoms with E-state index in [9.17, 15) is 16.8 Å². The molecule has 1 aromatic carbocycles. The Morgan fingerprint density at radius 1 is 1.00 bits per heavy atom. The van der Waals surface area contributed by atoms with Crippen LogP contribution in [0.4, 0.5) is 0 Å². The summed E-state index contributed by atoms with van der Waals surface area (Å²) < 4.78 is 50.6. The van der Waals surface area contributed by atoms with Gasteiger partial charge in [0.2, 0.25) is 20.0 Å². The van der Waals surface area contributed by atoms with Crippen LogP contribution in [0.15, 0.2) is 29.7 Å². The van der Waals surface area contributed by atoms with E-state index in [0.29, 0.717) is 6.42 Å². The van der Waals surface area contributed by atoms with Gasteiger partial charge in [-0.3, -0.25) is 0 Å². The van der Waals surface area contributed by atoms with Crippen molar-refractivity contribution in [3.8, 4) is 0 Å². The minimum absolute atomic E-state index is 0.0119. The third kappa shape index (κ3) is 7.69. The summed E-state index contributed by atoms with van der Waals surface area (Å²) in [6.07, 6.45) is 1.90. The molecule has 22 heavy (non-hydrogen) atoms. The minimum Gasteiger partial charge on any atom is -0.215 e. The standard InChI is InChI=1S/C14H22N2O4S2/c1-3-21(17,18)15-10-4-11-16-22(19,20)12-9-14-7-5-13(2)6-8-14/h5-9,12,15-16H,3-4,10-11H2,1-2H3/b12-9-. The first-order chi connectivity index (χ1) is 10.2. The predicted molar refractivity (Wildman–Crippen MR) is 89.2 cm³/mol. The maximum atomic E-state index is 11.8. The van der Waals surface area contributed by atoms with Gasteiger partial charge in [0.25, 0.3) is 0 Å². The lowest BCUT2D eigenvalue weighted by atomic mass is 10.2. The van der Waals surface area contributed by atoms with Crippen LogP contribution in [-0.4, -0.2) is 35.7 Å². The second-order valence-electron chi connectivity index (χ2n) is 4.80. The van der Waals surface area contributed by atoms with Crippen LogP contribution in [0.25, 0.3) is 6.08 Å². The van der Waals surface area contributed by atoms with Gasteiger partial charge in [0, 0.05) is 18.5 Å². The van der Waals surface area contributed by atoms with Crippen molar-refractivity contribution in [2.75, 3.05) is 18.8 Å². The van der Waals surface area contributed by atoms with E-state index in [1.807, 2.05) is 31.2 Å². The molecule has 0 unspecified atom stereocenters. The zero-order chi connectivity index (χ0) is 16.6. The Balaban J connectivity index is 2.40. The molecule has 1 rings (SSSR count). The van der Waals surface area contributed by atoms with Crippen LogP contribution in [0.2, 0.25) is 0 Å². The molecule has 2 N–H and O–H groups in total. The summed E-state index contributed by atoms with van der Waals surface area (Å²) in [6, 6.07) is 7.47. The molecule has 0 heterocycles. The van der Waals surface area contributed by atoms with Gasteiger partial charge in [-0.05, 0) is 31.9 Å². The molecule has 8 heteroatoms. The van der Waals surface area contributed by atoms with E-state index in [1.54, 1.807) is 6.92 Å². The largest absolute Gasteiger partial charge is 0.233 e. The predicted octanol–water partition coefficient (Wildman–Crippen LogP) is 1.21. The average molecular weight is 346 g/mol. The summed E-state index contributed by atoms with van der Waals surface area (Å²) >= 11 is 0. The Morgan fingerprint density at radius 2 is 1.59 bits per heavy atom. The summed E-state index contributed by atoms with van der Waals surface area (Å²) in [5, 5.41) is 1.11. The number of benzene rings is 1. The van der Waals surface area contributed by atoms with Crippen LogP contribution in [0.1, 0.15) is 24.5 Å². The lowest BCUT2D eigenvalue weighted by molar-refractivity contribution is 0.576. The van der Waals surface area contributed by atoms with Gasteiger partial charge >= 0.3 is 0 Å². The summed E-state index contributed by atoms with van der Waals surface area (Å²) in [6.45, 7) is 3.88. The van der Waals surface area contributed by atoms with Crippen molar-refractivity contribution in [3.05, 3.63) is 40.8 Å². The minimum atomic E-state index is -3.52. The van der Waals surface area contributed by atoms with Gasteiger partial charge in [0.05, 0.1) is 5.75 Å². The van der Waals surface area contributed by atoms with Crippen LogP contribution in [0, 0.1) is 6.92 Å². The first-order valence-corrected chi connectivity index (χ1v) is 10.2. The molecule has 0 amide bonds. The number of hydrogen-bond acceptors (Lipinski definition) is 4. The van der Waals surface area contributed by atoms with E-state index in [1.165, 1.54) is 6.08 Å². The molecule has 0 fully saturated rings. The van der Waals surface area contributed by atoms with Gasteiger partial charge in [0.15, 0.2) is 0 Å². The van der Waals surface area contributed by atoms with Crippen molar-refractivity contribution < 1.29 is 16.8 Å². The molecule has 0 aliphatic carbocycles. The van der Waals surface area contributed by atoms with Crippen LogP contribution in [0.5, 0.6) is 0 Å². The van der Waals surface area contributed by atoms with E-state index >= 15 is 0 Å². The van der Waals surface area contributed by atoms with Gasteiger partial charge in [-0.25, -0.2) is 26.3 Å². The van der Waals surface area contributed by atoms with Crippen molar-refractivity contribution in [1.82, 2.24) is 9.44 Å². The topological polar surface area (TPSA) is 92.3 Å². The van der Waals surface area contributed by atoms with Crippen LogP contribution >= 0.6 is 0 Å². The Bertz CT molecular complexity index is 693. The maximum absolute atomic E-state index is 11.8. The molecule has 0 radical (unpaired) electrons. The fourth-order valence-corrected chi connectivity index (χ4v) is 3.05. The third-order valence-corrected chi connectivity index (χ3v) is 5.38. The highest BCUT2D eigenvalue weighted by molar-refractivity contribution is 7.92. The molecular formula is C14H22N2O4S2. The summed E-state index contributed by atoms with van der Waals surface area (Å²) in [5.74, 6) is 0.0119. The first-order valence-electron chi connectivity index (χ1n) is 6.96. The van der Waals surface area contributed by atoms with E-state index in [0.717, 1.165) is 16.5 Å². The molecule has 0 bridgehead atoms. The van der Waals surface area contributed by atoms with Gasteiger partial charge < -0.3 is 0 Å². The summed E-state index contributed by atoms with van der Waals surface area (Å²) in [4.78, 5) is 0. The van der Waals surface area contributed by atoms with Gasteiger partial charge in [-0.2, -0.15) is 0 Å². The van der Waals surface area contributed by atoms with Crippen molar-refractivity contribution in [3.63, 3.8) is 0 Å². The van der Waals surface area contributed by atoms with E-state index < -0.39 is 20.0 Å². The Labute approximate surface area is 132 Å². The molecule has 0 atom stereocenters. The number of hydrogen-bond donors (Lipinski definition) is 2. The zero-order valence-electron chi connectivity index (χ0n) is 12.7. The highest BCUT2D eigenvalue weighted by atomic mass is 32.2. The van der Waals surface area contributed by atoms with E-state index in [-0.39, 0.29) is 18.8 Å². The summed E-state index contributed by atoms with van der Waals surface area (Å²) in [5.41, 5.74) is 1.90. The van der Waals surface area contributed by atoms with Crippen molar-refractivity contribution >= 4 is 26.1 Å². The van der Waals surface area contributed by atoms with E-state index in [2.05, 4.69) is 9.44 Å². The monoisotopic (exact) mass is 346 g/mol. The summed E-state index contributed by atoms with van der Waals surface area (Å²) in [7, 11) is -6.75. The lowest BCUT2D eigenvalue weighted by Gasteiger charge is -2.05. The van der Waals surface area contributed by atoms with Gasteiger partial charge in [-0.15, -0.1) is 0 Å². The second-order valence-corrected chi connectivity index (χ2v) is 8.55. The molecule has 0 saturated heterocycles. The zero-order valence-corrected chi connectivity index (χ0v) is 14.4.